The Labute approximate surface area is 109 Å². The maximum Gasteiger partial charge on any atom is 0.607 e. The van der Waals surface area contributed by atoms with Gasteiger partial charge in [0.15, 0.2) is 0 Å². The summed E-state index contributed by atoms with van der Waals surface area (Å²) in [5, 5.41) is 0. The van der Waals surface area contributed by atoms with Gasteiger partial charge in [-0.3, -0.25) is 0 Å². The van der Waals surface area contributed by atoms with Crippen LogP contribution < -0.4 is 9.31 Å². The molecule has 1 aliphatic heterocycles. The quantitative estimate of drug-likeness (QED) is 0.604. The number of hydrogen-bond acceptors (Lipinski definition) is 2. The highest BCUT2D eigenvalue weighted by molar-refractivity contribution is 8.12. The Bertz CT molecular complexity index is 376. The third kappa shape index (κ3) is 1.94. The lowest BCUT2D eigenvalue weighted by Gasteiger charge is -2.40. The molecule has 0 radical (unpaired) electrons. The van der Waals surface area contributed by atoms with Gasteiger partial charge in [-0.25, -0.2) is 11.5 Å². The van der Waals surface area contributed by atoms with Crippen molar-refractivity contribution in [1.82, 2.24) is 0 Å². The summed E-state index contributed by atoms with van der Waals surface area (Å²) in [6.45, 7) is 6.59. The second-order valence-corrected chi connectivity index (χ2v) is 10.3. The third-order valence-electron chi connectivity index (χ3n) is 3.94. The molecule has 0 aromatic heterocycles. The maximum absolute atomic E-state index is 6.73. The zero-order chi connectivity index (χ0) is 12.5. The van der Waals surface area contributed by atoms with Gasteiger partial charge in [0.2, 0.25) is 0 Å². The summed E-state index contributed by atoms with van der Waals surface area (Å²) in [4.78, 5) is 0. The lowest BCUT2D eigenvalue weighted by atomic mass is 10.3. The van der Waals surface area contributed by atoms with Gasteiger partial charge in [0.1, 0.15) is 11.5 Å². The zero-order valence-electron chi connectivity index (χ0n) is 10.6. The molecular weight excluding hydrogens is 253 g/mol. The number of benzene rings is 1. The molecule has 0 amide bonds. The van der Waals surface area contributed by atoms with E-state index in [0.717, 1.165) is 30.0 Å². The highest BCUT2D eigenvalue weighted by Crippen LogP contribution is 2.69. The van der Waals surface area contributed by atoms with Crippen LogP contribution in [-0.4, -0.2) is 24.2 Å². The summed E-state index contributed by atoms with van der Waals surface area (Å²) < 4.78 is 12.0. The molecule has 0 saturated carbocycles. The van der Waals surface area contributed by atoms with E-state index in [9.17, 15) is 0 Å². The van der Waals surface area contributed by atoms with E-state index in [1.165, 1.54) is 0 Å². The minimum Gasteiger partial charge on any atom is -0.633 e. The van der Waals surface area contributed by atoms with Gasteiger partial charge in [-0.05, 0) is 40.0 Å². The van der Waals surface area contributed by atoms with Crippen LogP contribution in [0.15, 0.2) is 24.3 Å². The number of hydrogen-bond donors (Lipinski definition) is 0. The van der Waals surface area contributed by atoms with Gasteiger partial charge in [-0.1, -0.05) is 12.1 Å². The Balaban J connectivity index is 2.35. The molecular formula is C12H19BClO2P. The summed E-state index contributed by atoms with van der Waals surface area (Å²) in [6, 6.07) is 7.75. The van der Waals surface area contributed by atoms with E-state index in [0.29, 0.717) is 0 Å². The number of rotatable bonds is 4. The first-order valence-corrected chi connectivity index (χ1v) is 9.10. The SMILES string of the molecule is CC[P+](CC)(CC)[B-]1(Cl)Oc2ccccc2O1. The van der Waals surface area contributed by atoms with Crippen LogP contribution in [0.4, 0.5) is 0 Å². The van der Waals surface area contributed by atoms with Gasteiger partial charge in [0.25, 0.3) is 0 Å². The van der Waals surface area contributed by atoms with Gasteiger partial charge in [-0.2, -0.15) is 0 Å². The fraction of sp³-hybridized carbons (Fsp3) is 0.500. The van der Waals surface area contributed by atoms with Gasteiger partial charge < -0.3 is 9.31 Å². The first-order chi connectivity index (χ1) is 8.11. The molecule has 0 bridgehead atoms. The van der Waals surface area contributed by atoms with Crippen molar-refractivity contribution in [3.05, 3.63) is 24.3 Å². The standard InChI is InChI=1S/C12H19BClO2P/c1-4-17(5-2,6-3)13(14)15-11-9-7-8-10-12(11)16-13/h7-10H,4-6H2,1-3H3. The zero-order valence-corrected chi connectivity index (χ0v) is 12.3. The Morgan fingerprint density at radius 1 is 1.00 bits per heavy atom. The first kappa shape index (κ1) is 13.0. The van der Waals surface area contributed by atoms with E-state index in [-0.39, 0.29) is 0 Å². The molecule has 0 spiro atoms. The van der Waals surface area contributed by atoms with Crippen molar-refractivity contribution in [1.29, 1.82) is 0 Å². The second kappa shape index (κ2) is 4.70. The lowest BCUT2D eigenvalue weighted by molar-refractivity contribution is 0.514. The smallest absolute Gasteiger partial charge is 0.607 e. The Hall–Kier alpha value is -0.395. The molecule has 1 aromatic rings. The van der Waals surface area contributed by atoms with Crippen LogP contribution in [0, 0.1) is 0 Å². The molecule has 0 atom stereocenters. The van der Waals surface area contributed by atoms with Gasteiger partial charge >= 0.3 is 5.69 Å². The molecule has 94 valence electrons. The van der Waals surface area contributed by atoms with Gasteiger partial charge in [-0.15, -0.1) is 0 Å². The van der Waals surface area contributed by atoms with Crippen LogP contribution in [0.1, 0.15) is 20.8 Å². The largest absolute Gasteiger partial charge is 0.633 e. The number of halogens is 1. The summed E-state index contributed by atoms with van der Waals surface area (Å²) in [5.74, 6) is 1.59. The first-order valence-electron chi connectivity index (χ1n) is 6.25. The van der Waals surface area contributed by atoms with Crippen LogP contribution in [0.3, 0.4) is 0 Å². The minimum absolute atomic E-state index is 0.794. The monoisotopic (exact) mass is 272 g/mol. The van der Waals surface area contributed by atoms with Crippen molar-refractivity contribution in [3.8, 4) is 11.5 Å². The van der Waals surface area contributed by atoms with E-state index in [2.05, 4.69) is 20.8 Å². The van der Waals surface area contributed by atoms with Crippen molar-refractivity contribution < 1.29 is 9.31 Å². The molecule has 17 heavy (non-hydrogen) atoms. The van der Waals surface area contributed by atoms with Crippen LogP contribution in [0.25, 0.3) is 0 Å². The fourth-order valence-electron chi connectivity index (χ4n) is 2.53. The summed E-state index contributed by atoms with van der Waals surface area (Å²) in [7, 11) is -1.40. The average Bonchev–Trinajstić information content (AvgIpc) is 2.69. The normalized spacial score (nSPS) is 17.2. The maximum atomic E-state index is 6.73. The molecule has 1 aromatic carbocycles. The predicted molar refractivity (Wildman–Crippen MR) is 77.8 cm³/mol. The highest BCUT2D eigenvalue weighted by Gasteiger charge is 2.59. The van der Waals surface area contributed by atoms with E-state index in [4.69, 9.17) is 20.8 Å². The molecule has 2 rings (SSSR count). The summed E-state index contributed by atoms with van der Waals surface area (Å²) >= 11 is 6.73. The molecule has 5 heteroatoms. The summed E-state index contributed by atoms with van der Waals surface area (Å²) in [5.41, 5.74) is -1.69. The third-order valence-corrected chi connectivity index (χ3v) is 10.7. The lowest BCUT2D eigenvalue weighted by Crippen LogP contribution is -2.44. The van der Waals surface area contributed by atoms with E-state index in [1.54, 1.807) is 0 Å². The molecule has 1 heterocycles. The fourth-order valence-corrected chi connectivity index (χ4v) is 7.29. The number of fused-ring (bicyclic) bond motifs is 1. The average molecular weight is 273 g/mol. The molecule has 2 nitrogen and oxygen atoms in total. The number of para-hydroxylation sites is 2. The molecule has 0 N–H and O–H groups in total. The topological polar surface area (TPSA) is 18.5 Å². The van der Waals surface area contributed by atoms with Crippen LogP contribution in [-0.2, 0) is 0 Å². The Morgan fingerprint density at radius 3 is 1.76 bits per heavy atom. The van der Waals surface area contributed by atoms with Crippen molar-refractivity contribution in [3.63, 3.8) is 0 Å². The molecule has 0 unspecified atom stereocenters. The van der Waals surface area contributed by atoms with Crippen LogP contribution in [0.5, 0.6) is 11.5 Å². The van der Waals surface area contributed by atoms with E-state index < -0.39 is 12.8 Å². The van der Waals surface area contributed by atoms with E-state index in [1.807, 2.05) is 24.3 Å². The second-order valence-electron chi connectivity index (χ2n) is 4.43. The Morgan fingerprint density at radius 2 is 1.41 bits per heavy atom. The minimum atomic E-state index is -1.69. The van der Waals surface area contributed by atoms with Crippen molar-refractivity contribution in [2.45, 2.75) is 20.8 Å². The van der Waals surface area contributed by atoms with Gasteiger partial charge in [0.05, 0.1) is 0 Å². The van der Waals surface area contributed by atoms with Crippen LogP contribution >= 0.6 is 18.6 Å². The van der Waals surface area contributed by atoms with Crippen molar-refractivity contribution in [2.24, 2.45) is 0 Å². The van der Waals surface area contributed by atoms with E-state index >= 15 is 0 Å². The van der Waals surface area contributed by atoms with Crippen LogP contribution in [0.2, 0.25) is 0 Å². The molecule has 0 aliphatic carbocycles. The molecule has 0 fully saturated rings. The van der Waals surface area contributed by atoms with Crippen molar-refractivity contribution >= 4 is 24.3 Å². The summed E-state index contributed by atoms with van der Waals surface area (Å²) in [6.07, 6.45) is 3.20. The van der Waals surface area contributed by atoms with Crippen molar-refractivity contribution in [2.75, 3.05) is 18.5 Å². The predicted octanol–water partition coefficient (Wildman–Crippen LogP) is 4.21. The Kier molecular flexibility index (Phi) is 3.61. The van der Waals surface area contributed by atoms with Gasteiger partial charge in [0, 0.05) is 18.5 Å². The molecule has 1 aliphatic rings. The molecule has 0 saturated heterocycles. The highest BCUT2D eigenvalue weighted by atomic mass is 35.5.